The smallest absolute Gasteiger partial charge is 0.387 e. The van der Waals surface area contributed by atoms with Gasteiger partial charge in [-0.2, -0.15) is 14.0 Å². The van der Waals surface area contributed by atoms with E-state index in [1.807, 2.05) is 0 Å². The molecule has 0 saturated heterocycles. The third-order valence-corrected chi connectivity index (χ3v) is 1.76. The number of carbonyl (C=O) groups is 1. The van der Waals surface area contributed by atoms with E-state index < -0.39 is 29.5 Å². The molecule has 0 aliphatic rings. The third-order valence-electron chi connectivity index (χ3n) is 1.76. The highest BCUT2D eigenvalue weighted by atomic mass is 19.3. The summed E-state index contributed by atoms with van der Waals surface area (Å²) in [7, 11) is 0. The van der Waals surface area contributed by atoms with Crippen LogP contribution in [-0.4, -0.2) is 12.4 Å². The van der Waals surface area contributed by atoms with Gasteiger partial charge in [0.25, 0.3) is 0 Å². The van der Waals surface area contributed by atoms with Crippen molar-refractivity contribution in [1.82, 2.24) is 0 Å². The van der Waals surface area contributed by atoms with E-state index in [-0.39, 0.29) is 5.56 Å². The van der Waals surface area contributed by atoms with Gasteiger partial charge in [0.1, 0.15) is 17.6 Å². The number of hydrogen-bond donors (Lipinski definition) is 0. The zero-order valence-electron chi connectivity index (χ0n) is 8.13. The van der Waals surface area contributed by atoms with E-state index in [0.29, 0.717) is 6.07 Å². The molecule has 0 aliphatic heterocycles. The standard InChI is InChI=1S/C10H6F3NO2/c1-5(15)9-6(4-14)2-7(3-8(9)11)16-10(12)13/h2-3,10H,1H3. The van der Waals surface area contributed by atoms with Crippen molar-refractivity contribution in [2.45, 2.75) is 13.5 Å². The van der Waals surface area contributed by atoms with Crippen LogP contribution in [0.5, 0.6) is 5.75 Å². The number of ether oxygens (including phenoxy) is 1. The molecule has 0 saturated carbocycles. The van der Waals surface area contributed by atoms with Gasteiger partial charge in [-0.05, 0) is 13.0 Å². The van der Waals surface area contributed by atoms with Crippen molar-refractivity contribution in [2.75, 3.05) is 0 Å². The SMILES string of the molecule is CC(=O)c1c(F)cc(OC(F)F)cc1C#N. The fourth-order valence-electron chi connectivity index (χ4n) is 1.20. The number of ketones is 1. The second-order valence-corrected chi connectivity index (χ2v) is 2.87. The van der Waals surface area contributed by atoms with Crippen molar-refractivity contribution in [3.8, 4) is 11.8 Å². The minimum atomic E-state index is -3.12. The molecule has 1 rings (SSSR count). The molecule has 0 aliphatic carbocycles. The molecule has 3 nitrogen and oxygen atoms in total. The van der Waals surface area contributed by atoms with E-state index >= 15 is 0 Å². The molecule has 0 spiro atoms. The summed E-state index contributed by atoms with van der Waals surface area (Å²) in [5.41, 5.74) is -0.757. The summed E-state index contributed by atoms with van der Waals surface area (Å²) >= 11 is 0. The maximum atomic E-state index is 13.3. The maximum Gasteiger partial charge on any atom is 0.387 e. The lowest BCUT2D eigenvalue weighted by Crippen LogP contribution is -2.06. The molecule has 0 fully saturated rings. The summed E-state index contributed by atoms with van der Waals surface area (Å²) < 4.78 is 40.9. The van der Waals surface area contributed by atoms with E-state index in [0.717, 1.165) is 13.0 Å². The van der Waals surface area contributed by atoms with Crippen LogP contribution < -0.4 is 4.74 Å². The maximum absolute atomic E-state index is 13.3. The molecule has 0 amide bonds. The molecule has 6 heteroatoms. The average Bonchev–Trinajstić information content (AvgIpc) is 2.14. The predicted molar refractivity (Wildman–Crippen MR) is 47.8 cm³/mol. The van der Waals surface area contributed by atoms with Gasteiger partial charge in [-0.15, -0.1) is 0 Å². The van der Waals surface area contributed by atoms with Crippen LogP contribution in [0.25, 0.3) is 0 Å². The molecular formula is C10H6F3NO2. The zero-order valence-corrected chi connectivity index (χ0v) is 8.13. The predicted octanol–water partition coefficient (Wildman–Crippen LogP) is 2.50. The Labute approximate surface area is 89.1 Å². The highest BCUT2D eigenvalue weighted by Crippen LogP contribution is 2.23. The number of nitrogens with zero attached hydrogens (tertiary/aromatic N) is 1. The Hall–Kier alpha value is -2.03. The van der Waals surface area contributed by atoms with Crippen molar-refractivity contribution >= 4 is 5.78 Å². The minimum Gasteiger partial charge on any atom is -0.435 e. The molecule has 16 heavy (non-hydrogen) atoms. The average molecular weight is 229 g/mol. The van der Waals surface area contributed by atoms with E-state index in [9.17, 15) is 18.0 Å². The van der Waals surface area contributed by atoms with E-state index in [2.05, 4.69) is 4.74 Å². The highest BCUT2D eigenvalue weighted by molar-refractivity contribution is 5.97. The van der Waals surface area contributed by atoms with Gasteiger partial charge in [0.05, 0.1) is 11.1 Å². The van der Waals surface area contributed by atoms with Crippen molar-refractivity contribution in [2.24, 2.45) is 0 Å². The van der Waals surface area contributed by atoms with Crippen LogP contribution in [0, 0.1) is 17.1 Å². The Morgan fingerprint density at radius 3 is 2.56 bits per heavy atom. The van der Waals surface area contributed by atoms with Crippen molar-refractivity contribution < 1.29 is 22.7 Å². The van der Waals surface area contributed by atoms with Crippen molar-refractivity contribution in [3.63, 3.8) is 0 Å². The Balaban J connectivity index is 3.28. The number of Topliss-reactive ketones (excluding diaryl/α,β-unsaturated/α-hetero) is 1. The monoisotopic (exact) mass is 229 g/mol. The van der Waals surface area contributed by atoms with Crippen LogP contribution in [-0.2, 0) is 0 Å². The van der Waals surface area contributed by atoms with Gasteiger partial charge in [-0.3, -0.25) is 4.79 Å². The van der Waals surface area contributed by atoms with Crippen LogP contribution in [0.3, 0.4) is 0 Å². The van der Waals surface area contributed by atoms with Gasteiger partial charge >= 0.3 is 6.61 Å². The number of rotatable bonds is 3. The molecular weight excluding hydrogens is 223 g/mol. The van der Waals surface area contributed by atoms with E-state index in [4.69, 9.17) is 5.26 Å². The second-order valence-electron chi connectivity index (χ2n) is 2.87. The summed E-state index contributed by atoms with van der Waals surface area (Å²) in [6.45, 7) is -2.04. The molecule has 0 atom stereocenters. The van der Waals surface area contributed by atoms with E-state index in [1.165, 1.54) is 0 Å². The van der Waals surface area contributed by atoms with Gasteiger partial charge in [-0.1, -0.05) is 0 Å². The molecule has 0 aromatic heterocycles. The van der Waals surface area contributed by atoms with Gasteiger partial charge in [0.15, 0.2) is 5.78 Å². The van der Waals surface area contributed by atoms with Gasteiger partial charge < -0.3 is 4.74 Å². The molecule has 1 aromatic rings. The van der Waals surface area contributed by atoms with Crippen LogP contribution in [0.15, 0.2) is 12.1 Å². The first kappa shape index (κ1) is 12.0. The van der Waals surface area contributed by atoms with Crippen molar-refractivity contribution in [3.05, 3.63) is 29.1 Å². The van der Waals surface area contributed by atoms with Crippen LogP contribution in [0.4, 0.5) is 13.2 Å². The normalized spacial score (nSPS) is 10.0. The number of nitriles is 1. The topological polar surface area (TPSA) is 50.1 Å². The Morgan fingerprint density at radius 1 is 1.50 bits per heavy atom. The largest absolute Gasteiger partial charge is 0.435 e. The minimum absolute atomic E-state index is 0.330. The fraction of sp³-hybridized carbons (Fsp3) is 0.200. The molecule has 1 aromatic carbocycles. The van der Waals surface area contributed by atoms with Crippen LogP contribution >= 0.6 is 0 Å². The number of alkyl halides is 2. The molecule has 0 bridgehead atoms. The first-order valence-electron chi connectivity index (χ1n) is 4.15. The summed E-state index contributed by atoms with van der Waals surface area (Å²) in [5.74, 6) is -2.20. The first-order chi connectivity index (χ1) is 7.45. The molecule has 0 radical (unpaired) electrons. The van der Waals surface area contributed by atoms with Gasteiger partial charge in [0.2, 0.25) is 0 Å². The number of halogens is 3. The van der Waals surface area contributed by atoms with E-state index in [1.54, 1.807) is 6.07 Å². The summed E-state index contributed by atoms with van der Waals surface area (Å²) in [6.07, 6.45) is 0. The molecule has 0 N–H and O–H groups in total. The highest BCUT2D eigenvalue weighted by Gasteiger charge is 2.16. The molecule has 84 valence electrons. The lowest BCUT2D eigenvalue weighted by molar-refractivity contribution is -0.0500. The molecule has 0 heterocycles. The Kier molecular flexibility index (Phi) is 3.51. The molecule has 0 unspecified atom stereocenters. The number of carbonyl (C=O) groups excluding carboxylic acids is 1. The second kappa shape index (κ2) is 4.66. The van der Waals surface area contributed by atoms with Crippen LogP contribution in [0.2, 0.25) is 0 Å². The summed E-state index contributed by atoms with van der Waals surface area (Å²) in [5, 5.41) is 8.64. The van der Waals surface area contributed by atoms with Gasteiger partial charge in [0, 0.05) is 6.07 Å². The summed E-state index contributed by atoms with van der Waals surface area (Å²) in [4.78, 5) is 11.0. The first-order valence-corrected chi connectivity index (χ1v) is 4.15. The third kappa shape index (κ3) is 2.51. The van der Waals surface area contributed by atoms with Gasteiger partial charge in [-0.25, -0.2) is 4.39 Å². The van der Waals surface area contributed by atoms with Crippen molar-refractivity contribution in [1.29, 1.82) is 5.26 Å². The number of hydrogen-bond acceptors (Lipinski definition) is 3. The zero-order chi connectivity index (χ0) is 12.3. The lowest BCUT2D eigenvalue weighted by Gasteiger charge is -2.07. The number of benzene rings is 1. The summed E-state index contributed by atoms with van der Waals surface area (Å²) in [6, 6.07) is 3.08. The van der Waals surface area contributed by atoms with Crippen LogP contribution in [0.1, 0.15) is 22.8 Å². The fourth-order valence-corrected chi connectivity index (χ4v) is 1.20. The Morgan fingerprint density at radius 2 is 2.12 bits per heavy atom. The lowest BCUT2D eigenvalue weighted by atomic mass is 10.0. The quantitative estimate of drug-likeness (QED) is 0.748. The Bertz CT molecular complexity index is 466.